The van der Waals surface area contributed by atoms with Crippen LogP contribution in [0.1, 0.15) is 12.8 Å². The molecule has 0 radical (unpaired) electrons. The molecule has 1 aromatic carbocycles. The van der Waals surface area contributed by atoms with Crippen molar-refractivity contribution in [2.24, 2.45) is 0 Å². The molecule has 0 bridgehead atoms. The van der Waals surface area contributed by atoms with Crippen LogP contribution in [0.2, 0.25) is 0 Å². The maximum Gasteiger partial charge on any atom is 0.181 e. The van der Waals surface area contributed by atoms with Gasteiger partial charge in [0.15, 0.2) is 27.3 Å². The summed E-state index contributed by atoms with van der Waals surface area (Å²) in [5.74, 6) is -4.34. The van der Waals surface area contributed by atoms with Gasteiger partial charge in [0.25, 0.3) is 0 Å². The molecule has 4 nitrogen and oxygen atoms in total. The molecule has 0 aliphatic carbocycles. The molecule has 20 heavy (non-hydrogen) atoms. The molecular weight excluding hydrogens is 293 g/mol. The van der Waals surface area contributed by atoms with Crippen molar-refractivity contribution in [3.8, 4) is 0 Å². The highest BCUT2D eigenvalue weighted by Gasteiger charge is 2.27. The van der Waals surface area contributed by atoms with Crippen molar-refractivity contribution in [3.63, 3.8) is 0 Å². The van der Waals surface area contributed by atoms with Crippen LogP contribution < -0.4 is 10.6 Å². The quantitative estimate of drug-likeness (QED) is 0.834. The van der Waals surface area contributed by atoms with Gasteiger partial charge in [0.2, 0.25) is 0 Å². The Labute approximate surface area is 115 Å². The van der Waals surface area contributed by atoms with Gasteiger partial charge in [0, 0.05) is 18.4 Å². The summed E-state index contributed by atoms with van der Waals surface area (Å²) in [5, 5.41) is 5.85. The summed E-state index contributed by atoms with van der Waals surface area (Å²) >= 11 is 0. The van der Waals surface area contributed by atoms with Crippen molar-refractivity contribution in [1.82, 2.24) is 5.32 Å². The molecule has 1 saturated heterocycles. The average molecular weight is 308 g/mol. The SMILES string of the molecule is CS(=O)(=O)c1c(F)c(F)cc(NC2CCNCC2)c1F. The highest BCUT2D eigenvalue weighted by Crippen LogP contribution is 2.28. The first-order chi connectivity index (χ1) is 9.30. The summed E-state index contributed by atoms with van der Waals surface area (Å²) in [6, 6.07) is 0.546. The average Bonchev–Trinajstić information content (AvgIpc) is 2.36. The van der Waals surface area contributed by atoms with E-state index in [2.05, 4.69) is 10.6 Å². The molecule has 1 heterocycles. The van der Waals surface area contributed by atoms with Gasteiger partial charge in [-0.05, 0) is 25.9 Å². The van der Waals surface area contributed by atoms with Gasteiger partial charge in [0.05, 0.1) is 5.69 Å². The summed E-state index contributed by atoms with van der Waals surface area (Å²) in [6.07, 6.45) is 2.02. The van der Waals surface area contributed by atoms with Gasteiger partial charge in [-0.1, -0.05) is 0 Å². The second kappa shape index (κ2) is 5.61. The fourth-order valence-electron chi connectivity index (χ4n) is 2.20. The van der Waals surface area contributed by atoms with Gasteiger partial charge in [0.1, 0.15) is 4.90 Å². The lowest BCUT2D eigenvalue weighted by molar-refractivity contribution is 0.453. The maximum atomic E-state index is 14.1. The fraction of sp³-hybridized carbons (Fsp3) is 0.500. The second-order valence-corrected chi connectivity index (χ2v) is 6.76. The molecule has 2 rings (SSSR count). The minimum Gasteiger partial charge on any atom is -0.380 e. The lowest BCUT2D eigenvalue weighted by Crippen LogP contribution is -2.35. The third-order valence-corrected chi connectivity index (χ3v) is 4.29. The number of hydrogen-bond acceptors (Lipinski definition) is 4. The molecule has 0 aromatic heterocycles. The minimum atomic E-state index is -4.19. The van der Waals surface area contributed by atoms with E-state index in [1.54, 1.807) is 0 Å². The summed E-state index contributed by atoms with van der Waals surface area (Å²) in [5.41, 5.74) is -0.323. The number of nitrogens with one attached hydrogen (secondary N) is 2. The number of hydrogen-bond donors (Lipinski definition) is 2. The zero-order valence-electron chi connectivity index (χ0n) is 10.8. The number of sulfone groups is 1. The van der Waals surface area contributed by atoms with Crippen LogP contribution in [0.25, 0.3) is 0 Å². The maximum absolute atomic E-state index is 14.1. The van der Waals surface area contributed by atoms with Crippen LogP contribution in [-0.4, -0.2) is 33.8 Å². The summed E-state index contributed by atoms with van der Waals surface area (Å²) in [6.45, 7) is 1.45. The lowest BCUT2D eigenvalue weighted by Gasteiger charge is -2.25. The molecule has 2 N–H and O–H groups in total. The Bertz CT molecular complexity index is 614. The van der Waals surface area contributed by atoms with Crippen LogP contribution in [0.3, 0.4) is 0 Å². The van der Waals surface area contributed by atoms with Crippen molar-refractivity contribution in [1.29, 1.82) is 0 Å². The van der Waals surface area contributed by atoms with E-state index in [1.165, 1.54) is 0 Å². The highest BCUT2D eigenvalue weighted by atomic mass is 32.2. The van der Waals surface area contributed by atoms with E-state index < -0.39 is 32.2 Å². The largest absolute Gasteiger partial charge is 0.380 e. The third kappa shape index (κ3) is 3.06. The molecule has 0 saturated carbocycles. The van der Waals surface area contributed by atoms with Gasteiger partial charge in [-0.2, -0.15) is 0 Å². The molecule has 1 aliphatic rings. The smallest absolute Gasteiger partial charge is 0.181 e. The first-order valence-corrected chi connectivity index (χ1v) is 8.04. The Morgan fingerprint density at radius 3 is 2.35 bits per heavy atom. The van der Waals surface area contributed by atoms with Crippen molar-refractivity contribution < 1.29 is 21.6 Å². The third-order valence-electron chi connectivity index (χ3n) is 3.19. The Hall–Kier alpha value is -1.28. The topological polar surface area (TPSA) is 58.2 Å². The number of piperidine rings is 1. The van der Waals surface area contributed by atoms with E-state index in [-0.39, 0.29) is 11.7 Å². The van der Waals surface area contributed by atoms with Crippen molar-refractivity contribution in [2.75, 3.05) is 24.7 Å². The van der Waals surface area contributed by atoms with Crippen LogP contribution in [0.5, 0.6) is 0 Å². The zero-order valence-corrected chi connectivity index (χ0v) is 11.7. The molecule has 112 valence electrons. The number of halogens is 3. The van der Waals surface area contributed by atoms with Gasteiger partial charge in [-0.3, -0.25) is 0 Å². The van der Waals surface area contributed by atoms with E-state index in [0.717, 1.165) is 13.1 Å². The first kappa shape index (κ1) is 15.1. The van der Waals surface area contributed by atoms with E-state index in [9.17, 15) is 21.6 Å². The van der Waals surface area contributed by atoms with Crippen LogP contribution in [0.4, 0.5) is 18.9 Å². The van der Waals surface area contributed by atoms with E-state index in [0.29, 0.717) is 25.2 Å². The molecule has 1 fully saturated rings. The molecule has 0 unspecified atom stereocenters. The number of rotatable bonds is 3. The first-order valence-electron chi connectivity index (χ1n) is 6.15. The number of anilines is 1. The monoisotopic (exact) mass is 308 g/mol. The minimum absolute atomic E-state index is 0.108. The summed E-state index contributed by atoms with van der Waals surface area (Å²) < 4.78 is 63.8. The van der Waals surface area contributed by atoms with Gasteiger partial charge in [-0.25, -0.2) is 21.6 Å². The van der Waals surface area contributed by atoms with Crippen molar-refractivity contribution in [3.05, 3.63) is 23.5 Å². The van der Waals surface area contributed by atoms with Crippen LogP contribution in [0, 0.1) is 17.5 Å². The second-order valence-electron chi connectivity index (χ2n) is 4.80. The van der Waals surface area contributed by atoms with Crippen LogP contribution in [-0.2, 0) is 9.84 Å². The molecule has 0 atom stereocenters. The summed E-state index contributed by atoms with van der Waals surface area (Å²) in [4.78, 5) is -1.23. The fourth-order valence-corrected chi connectivity index (χ4v) is 3.06. The van der Waals surface area contributed by atoms with Gasteiger partial charge in [-0.15, -0.1) is 0 Å². The van der Waals surface area contributed by atoms with Crippen LogP contribution >= 0.6 is 0 Å². The Morgan fingerprint density at radius 1 is 1.20 bits per heavy atom. The van der Waals surface area contributed by atoms with E-state index in [1.807, 2.05) is 0 Å². The predicted octanol–water partition coefficient (Wildman–Crippen LogP) is 1.67. The highest BCUT2D eigenvalue weighted by molar-refractivity contribution is 7.90. The Kier molecular flexibility index (Phi) is 4.24. The Morgan fingerprint density at radius 2 is 1.80 bits per heavy atom. The zero-order chi connectivity index (χ0) is 14.9. The standard InChI is InChI=1S/C12H15F3N2O2S/c1-20(18,19)12-10(14)8(13)6-9(11(12)15)17-7-2-4-16-5-3-7/h6-7,16-17H,2-5H2,1H3. The molecule has 0 spiro atoms. The molecule has 1 aliphatic heterocycles. The summed E-state index contributed by atoms with van der Waals surface area (Å²) in [7, 11) is -4.19. The van der Waals surface area contributed by atoms with Gasteiger partial charge >= 0.3 is 0 Å². The number of benzene rings is 1. The van der Waals surface area contributed by atoms with E-state index >= 15 is 0 Å². The Balaban J connectivity index is 2.41. The predicted molar refractivity (Wildman–Crippen MR) is 68.9 cm³/mol. The normalized spacial score (nSPS) is 17.2. The molecule has 1 aromatic rings. The van der Waals surface area contributed by atoms with Gasteiger partial charge < -0.3 is 10.6 Å². The molecular formula is C12H15F3N2O2S. The van der Waals surface area contributed by atoms with E-state index in [4.69, 9.17) is 0 Å². The van der Waals surface area contributed by atoms with Crippen molar-refractivity contribution in [2.45, 2.75) is 23.8 Å². The molecule has 8 heteroatoms. The van der Waals surface area contributed by atoms with Crippen molar-refractivity contribution >= 4 is 15.5 Å². The molecule has 0 amide bonds. The lowest BCUT2D eigenvalue weighted by atomic mass is 10.1. The van der Waals surface area contributed by atoms with Crippen LogP contribution in [0.15, 0.2) is 11.0 Å².